The number of hydrazine groups is 3. The van der Waals surface area contributed by atoms with Gasteiger partial charge in [0.2, 0.25) is 0 Å². The van der Waals surface area contributed by atoms with Crippen LogP contribution in [0.3, 0.4) is 0 Å². The van der Waals surface area contributed by atoms with E-state index >= 15 is 0 Å². The van der Waals surface area contributed by atoms with Crippen molar-refractivity contribution in [1.29, 1.82) is 0 Å². The smallest absolute Gasteiger partial charge is 0.260 e. The van der Waals surface area contributed by atoms with E-state index < -0.39 is 0 Å². The van der Waals surface area contributed by atoms with Gasteiger partial charge in [0.1, 0.15) is 10.8 Å². The summed E-state index contributed by atoms with van der Waals surface area (Å²) < 4.78 is 2.60. The van der Waals surface area contributed by atoms with Crippen molar-refractivity contribution in [3.05, 3.63) is 16.4 Å². The lowest BCUT2D eigenvalue weighted by Crippen LogP contribution is -2.38. The molecule has 1 aliphatic heterocycles. The molecular weight excluding hydrogens is 242 g/mol. The van der Waals surface area contributed by atoms with E-state index in [0.29, 0.717) is 6.54 Å². The molecule has 2 rings (SSSR count). The molecule has 0 aliphatic carbocycles. The van der Waals surface area contributed by atoms with Gasteiger partial charge >= 0.3 is 0 Å². The molecule has 94 valence electrons. The van der Waals surface area contributed by atoms with E-state index in [1.165, 1.54) is 17.6 Å². The minimum Gasteiger partial charge on any atom is -0.300 e. The van der Waals surface area contributed by atoms with Gasteiger partial charge in [0, 0.05) is 26.1 Å². The van der Waals surface area contributed by atoms with Crippen molar-refractivity contribution in [2.45, 2.75) is 12.8 Å². The second kappa shape index (κ2) is 5.17. The molecule has 0 amide bonds. The molecule has 0 saturated heterocycles. The minimum atomic E-state index is -0.117. The highest BCUT2D eigenvalue weighted by Crippen LogP contribution is 2.13. The van der Waals surface area contributed by atoms with Crippen LogP contribution in [0.2, 0.25) is 0 Å². The molecule has 1 aromatic rings. The molecule has 9 heteroatoms. The van der Waals surface area contributed by atoms with Crippen molar-refractivity contribution in [1.82, 2.24) is 20.5 Å². The number of nitrogens with zero attached hydrogens (tertiary/aromatic N) is 3. The van der Waals surface area contributed by atoms with Crippen LogP contribution in [0.15, 0.2) is 16.0 Å². The van der Waals surface area contributed by atoms with Crippen molar-refractivity contribution >= 4 is 22.4 Å². The average Bonchev–Trinajstić information content (AvgIpc) is 2.88. The molecule has 0 bridgehead atoms. The van der Waals surface area contributed by atoms with Crippen LogP contribution in [0, 0.1) is 0 Å². The number of nitrogens with one attached hydrogen (secondary N) is 3. The van der Waals surface area contributed by atoms with E-state index in [4.69, 9.17) is 5.84 Å². The zero-order valence-corrected chi connectivity index (χ0v) is 10.3. The Hall–Kier alpha value is -1.58. The lowest BCUT2D eigenvalue weighted by Gasteiger charge is -2.15. The predicted octanol–water partition coefficient (Wildman–Crippen LogP) is -0.835. The third kappa shape index (κ3) is 3.19. The monoisotopic (exact) mass is 257 g/mol. The second-order valence-electron chi connectivity index (χ2n) is 3.68. The third-order valence-corrected chi connectivity index (χ3v) is 3.10. The van der Waals surface area contributed by atoms with Gasteiger partial charge in [-0.1, -0.05) is 0 Å². The summed E-state index contributed by atoms with van der Waals surface area (Å²) in [5.74, 6) is 6.70. The van der Waals surface area contributed by atoms with Crippen molar-refractivity contribution in [2.75, 3.05) is 18.6 Å². The maximum absolute atomic E-state index is 10.9. The number of aromatic amines is 1. The van der Waals surface area contributed by atoms with Crippen LogP contribution in [0.25, 0.3) is 0 Å². The number of amidine groups is 1. The standard InChI is InChI=1S/C8H15N7OS/c1-14-11-6(10-13-14)3-2-4-15(9)8-5-7(16)12-17-8/h5,13H,2-4,9H2,1H3,(H,10,11)(H,12,16). The number of hydrogen-bond acceptors (Lipinski definition) is 8. The Kier molecular flexibility index (Phi) is 3.61. The number of nitrogens with two attached hydrogens (primary N) is 1. The highest BCUT2D eigenvalue weighted by molar-refractivity contribution is 7.10. The summed E-state index contributed by atoms with van der Waals surface area (Å²) >= 11 is 1.24. The van der Waals surface area contributed by atoms with Crippen LogP contribution < -0.4 is 27.4 Å². The SMILES string of the molecule is CN1NN=C(CCCN(N)c2cc(=O)[nH]s2)N1. The van der Waals surface area contributed by atoms with Crippen LogP contribution in [0.4, 0.5) is 5.00 Å². The molecule has 2 heterocycles. The van der Waals surface area contributed by atoms with Crippen molar-refractivity contribution < 1.29 is 0 Å². The summed E-state index contributed by atoms with van der Waals surface area (Å²) in [7, 11) is 1.84. The molecule has 5 N–H and O–H groups in total. The summed E-state index contributed by atoms with van der Waals surface area (Å²) in [4.78, 5) is 10.9. The van der Waals surface area contributed by atoms with E-state index in [-0.39, 0.29) is 5.56 Å². The topological polar surface area (TPSA) is 102 Å². The zero-order chi connectivity index (χ0) is 12.3. The highest BCUT2D eigenvalue weighted by atomic mass is 32.1. The Morgan fingerprint density at radius 1 is 1.65 bits per heavy atom. The molecule has 0 radical (unpaired) electrons. The number of aromatic nitrogens is 1. The molecule has 8 nitrogen and oxygen atoms in total. The molecule has 0 aromatic carbocycles. The fourth-order valence-corrected chi connectivity index (χ4v) is 2.07. The van der Waals surface area contributed by atoms with Gasteiger partial charge in [-0.25, -0.2) is 11.4 Å². The molecule has 1 aromatic heterocycles. The van der Waals surface area contributed by atoms with Crippen LogP contribution in [-0.2, 0) is 0 Å². The Bertz CT molecular complexity index is 453. The van der Waals surface area contributed by atoms with Gasteiger partial charge in [-0.3, -0.25) is 14.6 Å². The number of H-pyrrole nitrogens is 1. The Morgan fingerprint density at radius 2 is 2.47 bits per heavy atom. The normalized spacial score (nSPS) is 15.3. The van der Waals surface area contributed by atoms with E-state index in [0.717, 1.165) is 23.7 Å². The maximum Gasteiger partial charge on any atom is 0.260 e. The van der Waals surface area contributed by atoms with Gasteiger partial charge < -0.3 is 5.01 Å². The molecule has 0 saturated carbocycles. The van der Waals surface area contributed by atoms with E-state index in [2.05, 4.69) is 20.4 Å². The van der Waals surface area contributed by atoms with E-state index in [9.17, 15) is 4.79 Å². The van der Waals surface area contributed by atoms with Crippen LogP contribution in [-0.4, -0.2) is 28.9 Å². The number of hydrogen-bond donors (Lipinski definition) is 4. The van der Waals surface area contributed by atoms with Gasteiger partial charge in [-0.05, 0) is 18.0 Å². The van der Waals surface area contributed by atoms with Crippen LogP contribution in [0.5, 0.6) is 0 Å². The van der Waals surface area contributed by atoms with Crippen molar-refractivity contribution in [3.8, 4) is 0 Å². The fourth-order valence-electron chi connectivity index (χ4n) is 1.43. The summed E-state index contributed by atoms with van der Waals surface area (Å²) in [6, 6.07) is 1.49. The van der Waals surface area contributed by atoms with Gasteiger partial charge in [-0.2, -0.15) is 0 Å². The average molecular weight is 257 g/mol. The van der Waals surface area contributed by atoms with Gasteiger partial charge in [0.15, 0.2) is 0 Å². The highest BCUT2D eigenvalue weighted by Gasteiger charge is 2.10. The third-order valence-electron chi connectivity index (χ3n) is 2.24. The molecule has 1 aliphatic rings. The van der Waals surface area contributed by atoms with Gasteiger partial charge in [-0.15, -0.1) is 10.2 Å². The van der Waals surface area contributed by atoms with Crippen LogP contribution in [0.1, 0.15) is 12.8 Å². The molecule has 17 heavy (non-hydrogen) atoms. The quantitative estimate of drug-likeness (QED) is 0.405. The Balaban J connectivity index is 1.73. The summed E-state index contributed by atoms with van der Waals surface area (Å²) in [6.07, 6.45) is 1.65. The molecule has 0 unspecified atom stereocenters. The maximum atomic E-state index is 10.9. The second-order valence-corrected chi connectivity index (χ2v) is 4.50. The molecule has 0 fully saturated rings. The van der Waals surface area contributed by atoms with Gasteiger partial charge in [0.05, 0.1) is 0 Å². The molecule has 0 atom stereocenters. The fraction of sp³-hybridized carbons (Fsp3) is 0.500. The van der Waals surface area contributed by atoms with E-state index in [1.807, 2.05) is 7.05 Å². The first-order valence-corrected chi connectivity index (χ1v) is 6.00. The largest absolute Gasteiger partial charge is 0.300 e. The van der Waals surface area contributed by atoms with Crippen molar-refractivity contribution in [2.24, 2.45) is 10.9 Å². The number of anilines is 1. The minimum absolute atomic E-state index is 0.117. The number of rotatable bonds is 5. The number of hydrazone groups is 1. The van der Waals surface area contributed by atoms with Crippen LogP contribution >= 0.6 is 11.5 Å². The lowest BCUT2D eigenvalue weighted by atomic mass is 10.3. The zero-order valence-electron chi connectivity index (χ0n) is 9.43. The molecular formula is C8H15N7OS. The molecule has 0 spiro atoms. The Labute approximate surface area is 102 Å². The first-order valence-electron chi connectivity index (χ1n) is 5.18. The Morgan fingerprint density at radius 3 is 3.06 bits per heavy atom. The lowest BCUT2D eigenvalue weighted by molar-refractivity contribution is 0.231. The first-order chi connectivity index (χ1) is 8.15. The van der Waals surface area contributed by atoms with Gasteiger partial charge in [0.25, 0.3) is 5.56 Å². The van der Waals surface area contributed by atoms with E-state index in [1.54, 1.807) is 10.1 Å². The summed E-state index contributed by atoms with van der Waals surface area (Å²) in [5.41, 5.74) is 5.68. The predicted molar refractivity (Wildman–Crippen MR) is 67.2 cm³/mol. The first kappa shape index (κ1) is 11.9. The van der Waals surface area contributed by atoms with Crippen molar-refractivity contribution in [3.63, 3.8) is 0 Å². The summed E-state index contributed by atoms with van der Waals surface area (Å²) in [5, 5.41) is 8.04. The summed E-state index contributed by atoms with van der Waals surface area (Å²) in [6.45, 7) is 0.665.